The number of benzene rings is 2. The van der Waals surface area contributed by atoms with Gasteiger partial charge >= 0.3 is 5.97 Å². The number of esters is 1. The van der Waals surface area contributed by atoms with Crippen LogP contribution in [0.4, 0.5) is 0 Å². The average molecular weight is 375 g/mol. The predicted octanol–water partition coefficient (Wildman–Crippen LogP) is 3.64. The number of methoxy groups -OCH3 is 2. The molecule has 6 heteroatoms. The Bertz CT molecular complexity index is 856. The van der Waals surface area contributed by atoms with Gasteiger partial charge in [-0.05, 0) is 29.8 Å². The van der Waals surface area contributed by atoms with Gasteiger partial charge in [0.25, 0.3) is 0 Å². The van der Waals surface area contributed by atoms with E-state index in [9.17, 15) is 4.79 Å². The fourth-order valence-electron chi connectivity index (χ4n) is 2.49. The first-order valence-corrected chi connectivity index (χ1v) is 7.78. The van der Waals surface area contributed by atoms with Gasteiger partial charge in [0.2, 0.25) is 0 Å². The molecule has 23 heavy (non-hydrogen) atoms. The van der Waals surface area contributed by atoms with Crippen molar-refractivity contribution in [2.45, 2.75) is 6.54 Å². The summed E-state index contributed by atoms with van der Waals surface area (Å²) < 4.78 is 12.7. The van der Waals surface area contributed by atoms with E-state index in [0.717, 1.165) is 26.7 Å². The number of halogens is 1. The highest BCUT2D eigenvalue weighted by atomic mass is 79.9. The third-order valence-electron chi connectivity index (χ3n) is 3.60. The van der Waals surface area contributed by atoms with Crippen LogP contribution in [-0.4, -0.2) is 30.0 Å². The minimum absolute atomic E-state index is 0.382. The molecule has 0 aliphatic rings. The third-order valence-corrected chi connectivity index (χ3v) is 4.05. The maximum absolute atomic E-state index is 12.1. The minimum Gasteiger partial charge on any atom is -0.497 e. The fraction of sp³-hybridized carbons (Fsp3) is 0.176. The number of hydrogen-bond acceptors (Lipinski definition) is 4. The molecular formula is C17H15BrN2O3. The molecule has 0 radical (unpaired) electrons. The number of rotatable bonds is 4. The molecule has 0 spiro atoms. The Hall–Kier alpha value is -2.34. The van der Waals surface area contributed by atoms with Gasteiger partial charge in [0, 0.05) is 9.86 Å². The van der Waals surface area contributed by atoms with E-state index in [0.29, 0.717) is 12.1 Å². The second-order valence-electron chi connectivity index (χ2n) is 5.03. The van der Waals surface area contributed by atoms with Crippen molar-refractivity contribution in [2.24, 2.45) is 0 Å². The summed E-state index contributed by atoms with van der Waals surface area (Å²) in [6.45, 7) is 0.555. The fourth-order valence-corrected chi connectivity index (χ4v) is 2.96. The summed E-state index contributed by atoms with van der Waals surface area (Å²) in [5, 5.41) is 5.29. The smallest absolute Gasteiger partial charge is 0.340 e. The summed E-state index contributed by atoms with van der Waals surface area (Å²) in [6.07, 6.45) is 1.75. The lowest BCUT2D eigenvalue weighted by Crippen LogP contribution is -2.08. The normalized spacial score (nSPS) is 10.7. The molecule has 0 aliphatic carbocycles. The average Bonchev–Trinajstić information content (AvgIpc) is 2.96. The maximum Gasteiger partial charge on any atom is 0.340 e. The number of carbonyl (C=O) groups is 1. The first kappa shape index (κ1) is 15.6. The number of hydrogen-bond donors (Lipinski definition) is 0. The molecule has 1 aromatic heterocycles. The summed E-state index contributed by atoms with van der Waals surface area (Å²) in [5.41, 5.74) is 2.31. The first-order chi connectivity index (χ1) is 11.1. The Morgan fingerprint density at radius 2 is 1.96 bits per heavy atom. The standard InChI is InChI=1S/C17H15BrN2O3/c1-22-14-5-3-11(4-6-14)10-20-16-12(9-19-20)7-13(18)8-15(16)17(21)23-2/h3-9H,10H2,1-2H3. The van der Waals surface area contributed by atoms with Crippen LogP contribution >= 0.6 is 15.9 Å². The van der Waals surface area contributed by atoms with E-state index in [-0.39, 0.29) is 5.97 Å². The molecule has 0 fully saturated rings. The number of ether oxygens (including phenoxy) is 2. The van der Waals surface area contributed by atoms with Crippen molar-refractivity contribution in [1.82, 2.24) is 9.78 Å². The van der Waals surface area contributed by atoms with E-state index in [1.165, 1.54) is 7.11 Å². The lowest BCUT2D eigenvalue weighted by atomic mass is 10.1. The maximum atomic E-state index is 12.1. The summed E-state index contributed by atoms with van der Waals surface area (Å²) >= 11 is 3.41. The highest BCUT2D eigenvalue weighted by molar-refractivity contribution is 9.10. The first-order valence-electron chi connectivity index (χ1n) is 6.98. The van der Waals surface area contributed by atoms with Gasteiger partial charge in [-0.3, -0.25) is 4.68 Å². The Labute approximate surface area is 141 Å². The lowest BCUT2D eigenvalue weighted by molar-refractivity contribution is 0.0602. The van der Waals surface area contributed by atoms with E-state index in [2.05, 4.69) is 21.0 Å². The second-order valence-corrected chi connectivity index (χ2v) is 5.95. The molecule has 0 amide bonds. The van der Waals surface area contributed by atoms with Crippen molar-refractivity contribution in [3.05, 3.63) is 58.2 Å². The summed E-state index contributed by atoms with van der Waals surface area (Å²) in [7, 11) is 3.01. The molecule has 118 valence electrons. The van der Waals surface area contributed by atoms with Crippen LogP contribution in [0.15, 0.2) is 47.1 Å². The lowest BCUT2D eigenvalue weighted by Gasteiger charge is -2.09. The van der Waals surface area contributed by atoms with Crippen molar-refractivity contribution in [2.75, 3.05) is 14.2 Å². The molecule has 3 rings (SSSR count). The number of carbonyl (C=O) groups excluding carboxylic acids is 1. The summed E-state index contributed by atoms with van der Waals surface area (Å²) in [4.78, 5) is 12.1. The van der Waals surface area contributed by atoms with Crippen molar-refractivity contribution < 1.29 is 14.3 Å². The Morgan fingerprint density at radius 3 is 2.61 bits per heavy atom. The molecule has 5 nitrogen and oxygen atoms in total. The van der Waals surface area contributed by atoms with Gasteiger partial charge in [-0.2, -0.15) is 5.10 Å². The zero-order valence-electron chi connectivity index (χ0n) is 12.7. The van der Waals surface area contributed by atoms with Gasteiger partial charge in [0.05, 0.1) is 38.0 Å². The van der Waals surface area contributed by atoms with Gasteiger partial charge in [-0.15, -0.1) is 0 Å². The second kappa shape index (κ2) is 6.42. The van der Waals surface area contributed by atoms with E-state index >= 15 is 0 Å². The van der Waals surface area contributed by atoms with Gasteiger partial charge in [0.15, 0.2) is 0 Å². The van der Waals surface area contributed by atoms with Crippen LogP contribution in [0, 0.1) is 0 Å². The molecule has 1 heterocycles. The van der Waals surface area contributed by atoms with E-state index in [4.69, 9.17) is 9.47 Å². The van der Waals surface area contributed by atoms with Gasteiger partial charge in [-0.1, -0.05) is 28.1 Å². The van der Waals surface area contributed by atoms with E-state index in [1.54, 1.807) is 24.1 Å². The van der Waals surface area contributed by atoms with Crippen LogP contribution in [0.1, 0.15) is 15.9 Å². The molecule has 2 aromatic carbocycles. The highest BCUT2D eigenvalue weighted by Gasteiger charge is 2.16. The van der Waals surface area contributed by atoms with Crippen molar-refractivity contribution >= 4 is 32.8 Å². The van der Waals surface area contributed by atoms with E-state index < -0.39 is 0 Å². The molecule has 0 bridgehead atoms. The zero-order chi connectivity index (χ0) is 16.4. The molecule has 0 saturated heterocycles. The van der Waals surface area contributed by atoms with Crippen LogP contribution in [-0.2, 0) is 11.3 Å². The van der Waals surface area contributed by atoms with Crippen LogP contribution in [0.2, 0.25) is 0 Å². The monoisotopic (exact) mass is 374 g/mol. The van der Waals surface area contributed by atoms with Crippen molar-refractivity contribution in [1.29, 1.82) is 0 Å². The molecular weight excluding hydrogens is 360 g/mol. The van der Waals surface area contributed by atoms with Gasteiger partial charge in [0.1, 0.15) is 5.75 Å². The molecule has 0 atom stereocenters. The Morgan fingerprint density at radius 1 is 1.22 bits per heavy atom. The molecule has 0 N–H and O–H groups in total. The molecule has 0 aliphatic heterocycles. The molecule has 0 saturated carbocycles. The number of nitrogens with zero attached hydrogens (tertiary/aromatic N) is 2. The summed E-state index contributed by atoms with van der Waals surface area (Å²) in [6, 6.07) is 11.4. The van der Waals surface area contributed by atoms with Crippen molar-refractivity contribution in [3.8, 4) is 5.75 Å². The molecule has 0 unspecified atom stereocenters. The zero-order valence-corrected chi connectivity index (χ0v) is 14.3. The van der Waals surface area contributed by atoms with Crippen LogP contribution in [0.25, 0.3) is 10.9 Å². The Balaban J connectivity index is 2.05. The quantitative estimate of drug-likeness (QED) is 0.654. The third kappa shape index (κ3) is 3.07. The minimum atomic E-state index is -0.382. The number of aromatic nitrogens is 2. The predicted molar refractivity (Wildman–Crippen MR) is 90.9 cm³/mol. The topological polar surface area (TPSA) is 53.3 Å². The van der Waals surface area contributed by atoms with Gasteiger partial charge in [-0.25, -0.2) is 4.79 Å². The molecule has 3 aromatic rings. The van der Waals surface area contributed by atoms with Crippen LogP contribution in [0.3, 0.4) is 0 Å². The SMILES string of the molecule is COC(=O)c1cc(Br)cc2cnn(Cc3ccc(OC)cc3)c12. The largest absolute Gasteiger partial charge is 0.497 e. The summed E-state index contributed by atoms with van der Waals surface area (Å²) in [5.74, 6) is 0.422. The van der Waals surface area contributed by atoms with Gasteiger partial charge < -0.3 is 9.47 Å². The van der Waals surface area contributed by atoms with Crippen LogP contribution < -0.4 is 4.74 Å². The van der Waals surface area contributed by atoms with Crippen molar-refractivity contribution in [3.63, 3.8) is 0 Å². The highest BCUT2D eigenvalue weighted by Crippen LogP contribution is 2.26. The Kier molecular flexibility index (Phi) is 4.34. The number of fused-ring (bicyclic) bond motifs is 1. The van der Waals surface area contributed by atoms with Crippen LogP contribution in [0.5, 0.6) is 5.75 Å². The van der Waals surface area contributed by atoms with E-state index in [1.807, 2.05) is 30.3 Å².